The molecule has 2 heterocycles. The molecule has 2 aromatic carbocycles. The van der Waals surface area contributed by atoms with E-state index in [1.165, 1.54) is 18.3 Å². The van der Waals surface area contributed by atoms with E-state index < -0.39 is 5.91 Å². The molecule has 1 aliphatic rings. The van der Waals surface area contributed by atoms with Gasteiger partial charge in [-0.3, -0.25) is 9.59 Å². The third-order valence-electron chi connectivity index (χ3n) is 5.42. The van der Waals surface area contributed by atoms with E-state index in [1.807, 2.05) is 18.2 Å². The first-order valence-corrected chi connectivity index (χ1v) is 10.5. The number of methoxy groups -OCH3 is 1. The SMILES string of the molecule is COc1ccc2c(c1)C(=CC(=O)c1cccc(C(=O)N=c3ccccn3O)c1)NC(C)(C)C2. The van der Waals surface area contributed by atoms with Gasteiger partial charge in [-0.2, -0.15) is 9.72 Å². The van der Waals surface area contributed by atoms with Gasteiger partial charge >= 0.3 is 0 Å². The lowest BCUT2D eigenvalue weighted by atomic mass is 9.85. The molecule has 7 nitrogen and oxygen atoms in total. The van der Waals surface area contributed by atoms with Crippen molar-refractivity contribution in [3.05, 3.63) is 101 Å². The zero-order valence-corrected chi connectivity index (χ0v) is 18.7. The third kappa shape index (κ3) is 4.87. The zero-order valence-electron chi connectivity index (χ0n) is 18.7. The number of carbonyl (C=O) groups is 2. The first-order valence-electron chi connectivity index (χ1n) is 10.5. The summed E-state index contributed by atoms with van der Waals surface area (Å²) in [6.07, 6.45) is 3.75. The summed E-state index contributed by atoms with van der Waals surface area (Å²) < 4.78 is 6.13. The molecule has 168 valence electrons. The molecule has 0 radical (unpaired) electrons. The van der Waals surface area contributed by atoms with Crippen molar-refractivity contribution in [2.45, 2.75) is 25.8 Å². The molecule has 1 aliphatic heterocycles. The average Bonchev–Trinajstić information content (AvgIpc) is 2.79. The van der Waals surface area contributed by atoms with Crippen LogP contribution in [-0.2, 0) is 6.42 Å². The molecule has 0 atom stereocenters. The molecule has 0 unspecified atom stereocenters. The van der Waals surface area contributed by atoms with Crippen molar-refractivity contribution >= 4 is 17.4 Å². The summed E-state index contributed by atoms with van der Waals surface area (Å²) in [5, 5.41) is 13.2. The largest absolute Gasteiger partial charge is 0.497 e. The van der Waals surface area contributed by atoms with Gasteiger partial charge in [0.05, 0.1) is 7.11 Å². The van der Waals surface area contributed by atoms with Crippen molar-refractivity contribution in [2.75, 3.05) is 7.11 Å². The summed E-state index contributed by atoms with van der Waals surface area (Å²) in [5.41, 5.74) is 3.24. The smallest absolute Gasteiger partial charge is 0.279 e. The lowest BCUT2D eigenvalue weighted by Gasteiger charge is -2.35. The Morgan fingerprint density at radius 2 is 1.88 bits per heavy atom. The molecule has 0 bridgehead atoms. The summed E-state index contributed by atoms with van der Waals surface area (Å²) in [5.74, 6) is -0.0845. The molecule has 33 heavy (non-hydrogen) atoms. The standard InChI is InChI=1S/C26H25N3O4/c1-26(2)16-19-10-11-20(33-3)14-21(19)22(28-26)15-23(30)17-7-6-8-18(13-17)25(31)27-24-9-4-5-12-29(24)32/h4-15,28,32H,16H2,1-3H3. The fourth-order valence-electron chi connectivity index (χ4n) is 3.86. The number of aromatic nitrogens is 1. The summed E-state index contributed by atoms with van der Waals surface area (Å²) in [6.45, 7) is 4.16. The van der Waals surface area contributed by atoms with Crippen LogP contribution < -0.4 is 15.5 Å². The van der Waals surface area contributed by atoms with Crippen molar-refractivity contribution in [1.82, 2.24) is 10.0 Å². The van der Waals surface area contributed by atoms with Crippen molar-refractivity contribution in [1.29, 1.82) is 0 Å². The topological polar surface area (TPSA) is 92.9 Å². The van der Waals surface area contributed by atoms with E-state index in [0.29, 0.717) is 17.0 Å². The quantitative estimate of drug-likeness (QED) is 0.365. The first-order chi connectivity index (χ1) is 15.8. The second-order valence-corrected chi connectivity index (χ2v) is 8.53. The molecular formula is C26H25N3O4. The number of benzene rings is 2. The molecule has 0 fully saturated rings. The van der Waals surface area contributed by atoms with E-state index in [-0.39, 0.29) is 22.4 Å². The van der Waals surface area contributed by atoms with Gasteiger partial charge in [0.25, 0.3) is 5.91 Å². The van der Waals surface area contributed by atoms with Crippen molar-refractivity contribution in [3.63, 3.8) is 0 Å². The molecule has 2 N–H and O–H groups in total. The van der Waals surface area contributed by atoms with E-state index in [1.54, 1.807) is 43.5 Å². The summed E-state index contributed by atoms with van der Waals surface area (Å²) in [4.78, 5) is 29.7. The van der Waals surface area contributed by atoms with Crippen LogP contribution in [0, 0.1) is 0 Å². The maximum atomic E-state index is 13.1. The average molecular weight is 444 g/mol. The molecule has 0 saturated carbocycles. The van der Waals surface area contributed by atoms with Crippen LogP contribution in [0.5, 0.6) is 5.75 Å². The minimum atomic E-state index is -0.557. The molecule has 7 heteroatoms. The number of carbonyl (C=O) groups excluding carboxylic acids is 2. The molecule has 3 aromatic rings. The first kappa shape index (κ1) is 22.1. The van der Waals surface area contributed by atoms with Crippen molar-refractivity contribution in [3.8, 4) is 5.75 Å². The summed E-state index contributed by atoms with van der Waals surface area (Å²) in [7, 11) is 1.61. The fraction of sp³-hybridized carbons (Fsp3) is 0.192. The summed E-state index contributed by atoms with van der Waals surface area (Å²) >= 11 is 0. The van der Waals surface area contributed by atoms with Crippen molar-refractivity contribution in [2.24, 2.45) is 4.99 Å². The van der Waals surface area contributed by atoms with Gasteiger partial charge in [-0.15, -0.1) is 0 Å². The van der Waals surface area contributed by atoms with Crippen LogP contribution in [0.4, 0.5) is 0 Å². The highest BCUT2D eigenvalue weighted by Crippen LogP contribution is 2.32. The van der Waals surface area contributed by atoms with E-state index in [2.05, 4.69) is 24.2 Å². The number of ether oxygens (including phenoxy) is 1. The maximum absolute atomic E-state index is 13.1. The number of nitrogens with zero attached hydrogens (tertiary/aromatic N) is 2. The van der Waals surface area contributed by atoms with Crippen LogP contribution >= 0.6 is 0 Å². The number of allylic oxidation sites excluding steroid dienone is 1. The normalized spacial score (nSPS) is 16.1. The number of pyridine rings is 1. The van der Waals surface area contributed by atoms with Crippen molar-refractivity contribution < 1.29 is 19.5 Å². The Kier molecular flexibility index (Phi) is 5.87. The number of nitrogens with one attached hydrogen (secondary N) is 1. The number of hydrogen-bond donors (Lipinski definition) is 2. The van der Waals surface area contributed by atoms with Gasteiger partial charge in [-0.1, -0.05) is 24.3 Å². The number of ketones is 1. The van der Waals surface area contributed by atoms with Gasteiger partial charge in [0, 0.05) is 40.2 Å². The molecule has 0 spiro atoms. The lowest BCUT2D eigenvalue weighted by molar-refractivity contribution is 0.0988. The highest BCUT2D eigenvalue weighted by atomic mass is 16.5. The van der Waals surface area contributed by atoms with Gasteiger partial charge < -0.3 is 15.3 Å². The highest BCUT2D eigenvalue weighted by Gasteiger charge is 2.28. The van der Waals surface area contributed by atoms with Gasteiger partial charge in [0.2, 0.25) is 0 Å². The van der Waals surface area contributed by atoms with E-state index in [4.69, 9.17) is 4.74 Å². The molecule has 0 saturated heterocycles. The molecule has 0 aliphatic carbocycles. The third-order valence-corrected chi connectivity index (χ3v) is 5.42. The highest BCUT2D eigenvalue weighted by molar-refractivity contribution is 6.10. The van der Waals surface area contributed by atoms with Gasteiger partial charge in [0.1, 0.15) is 5.75 Å². The van der Waals surface area contributed by atoms with E-state index in [9.17, 15) is 14.8 Å². The Bertz CT molecular complexity index is 1340. The lowest BCUT2D eigenvalue weighted by Crippen LogP contribution is -2.43. The molecule has 4 rings (SSSR count). The maximum Gasteiger partial charge on any atom is 0.279 e. The number of hydrogen-bond acceptors (Lipinski definition) is 5. The van der Waals surface area contributed by atoms with Crippen LogP contribution in [0.1, 0.15) is 45.7 Å². The Morgan fingerprint density at radius 3 is 2.64 bits per heavy atom. The molecule has 1 aromatic heterocycles. The van der Waals surface area contributed by atoms with E-state index >= 15 is 0 Å². The minimum absolute atomic E-state index is 0.0977. The van der Waals surface area contributed by atoms with Crippen LogP contribution in [0.15, 0.2) is 77.9 Å². The van der Waals surface area contributed by atoms with Crippen LogP contribution in [0.2, 0.25) is 0 Å². The Morgan fingerprint density at radius 1 is 1.09 bits per heavy atom. The van der Waals surface area contributed by atoms with Gasteiger partial charge in [-0.25, -0.2) is 0 Å². The number of rotatable bonds is 4. The minimum Gasteiger partial charge on any atom is -0.497 e. The Hall–Kier alpha value is -4.13. The van der Waals surface area contributed by atoms with Gasteiger partial charge in [-0.05, 0) is 62.2 Å². The number of fused-ring (bicyclic) bond motifs is 1. The number of amides is 1. The fourth-order valence-corrected chi connectivity index (χ4v) is 3.86. The Labute approximate surface area is 191 Å². The van der Waals surface area contributed by atoms with Crippen LogP contribution in [-0.4, -0.2) is 34.3 Å². The van der Waals surface area contributed by atoms with E-state index in [0.717, 1.165) is 22.3 Å². The second kappa shape index (κ2) is 8.78. The Balaban J connectivity index is 1.68. The second-order valence-electron chi connectivity index (χ2n) is 8.53. The molecule has 1 amide bonds. The summed E-state index contributed by atoms with van der Waals surface area (Å²) in [6, 6.07) is 17.0. The molecular weight excluding hydrogens is 418 g/mol. The zero-order chi connectivity index (χ0) is 23.6. The van der Waals surface area contributed by atoms with Crippen LogP contribution in [0.25, 0.3) is 5.70 Å². The van der Waals surface area contributed by atoms with Crippen LogP contribution in [0.3, 0.4) is 0 Å². The van der Waals surface area contributed by atoms with Gasteiger partial charge in [0.15, 0.2) is 11.3 Å². The predicted octanol–water partition coefficient (Wildman–Crippen LogP) is 3.62. The predicted molar refractivity (Wildman–Crippen MR) is 124 cm³/mol. The monoisotopic (exact) mass is 443 g/mol.